The zero-order chi connectivity index (χ0) is 15.2. The molecule has 1 aromatic heterocycles. The number of hydrogen-bond donors (Lipinski definition) is 1. The molecule has 5 nitrogen and oxygen atoms in total. The Balaban J connectivity index is 1.96. The molecule has 1 amide bonds. The molecule has 0 aliphatic rings. The third kappa shape index (κ3) is 3.85. The minimum absolute atomic E-state index is 0.0303. The van der Waals surface area contributed by atoms with Crippen LogP contribution < -0.4 is 5.32 Å². The van der Waals surface area contributed by atoms with E-state index in [1.54, 1.807) is 6.33 Å². The summed E-state index contributed by atoms with van der Waals surface area (Å²) in [5, 5.41) is 10.8. The van der Waals surface area contributed by atoms with Crippen molar-refractivity contribution in [2.45, 2.75) is 18.1 Å². The van der Waals surface area contributed by atoms with E-state index in [4.69, 9.17) is 0 Å². The van der Waals surface area contributed by atoms with Gasteiger partial charge in [-0.25, -0.2) is 0 Å². The molecule has 2 atom stereocenters. The van der Waals surface area contributed by atoms with E-state index in [0.29, 0.717) is 6.54 Å². The zero-order valence-electron chi connectivity index (χ0n) is 12.5. The number of hydrogen-bond acceptors (Lipinski definition) is 4. The van der Waals surface area contributed by atoms with Crippen molar-refractivity contribution in [2.75, 3.05) is 12.8 Å². The number of amides is 1. The summed E-state index contributed by atoms with van der Waals surface area (Å²) in [6.45, 7) is 2.58. The van der Waals surface area contributed by atoms with E-state index < -0.39 is 0 Å². The summed E-state index contributed by atoms with van der Waals surface area (Å²) in [5.74, 6) is 1.03. The van der Waals surface area contributed by atoms with Gasteiger partial charge >= 0.3 is 0 Å². The predicted octanol–water partition coefficient (Wildman–Crippen LogP) is 2.14. The first-order valence-electron chi connectivity index (χ1n) is 6.82. The van der Waals surface area contributed by atoms with Crippen molar-refractivity contribution in [3.63, 3.8) is 0 Å². The monoisotopic (exact) mass is 304 g/mol. The summed E-state index contributed by atoms with van der Waals surface area (Å²) < 4.78 is 1.88. The standard InChI is InChI=1S/C15H20N4OS/c1-11(14-18-17-10-19(14)2)9-16-15(20)13(21-3)12-7-5-4-6-8-12/h4-8,10-11,13H,9H2,1-3H3,(H,16,20)/t11-,13-/m0/s1. The molecule has 0 radical (unpaired) electrons. The fourth-order valence-electron chi connectivity index (χ4n) is 2.20. The Morgan fingerprint density at radius 2 is 2.10 bits per heavy atom. The average Bonchev–Trinajstić information content (AvgIpc) is 2.93. The van der Waals surface area contributed by atoms with Crippen LogP contribution in [0.1, 0.15) is 29.5 Å². The fourth-order valence-corrected chi connectivity index (χ4v) is 2.93. The molecule has 1 N–H and O–H groups in total. The van der Waals surface area contributed by atoms with Crippen molar-refractivity contribution in [2.24, 2.45) is 7.05 Å². The Kier molecular flexibility index (Phi) is 5.38. The van der Waals surface area contributed by atoms with Crippen molar-refractivity contribution in [3.05, 3.63) is 48.0 Å². The van der Waals surface area contributed by atoms with Crippen LogP contribution in [0.2, 0.25) is 0 Å². The highest BCUT2D eigenvalue weighted by Gasteiger charge is 2.20. The average molecular weight is 304 g/mol. The molecule has 1 heterocycles. The number of nitrogens with one attached hydrogen (secondary N) is 1. The van der Waals surface area contributed by atoms with Crippen molar-refractivity contribution in [1.29, 1.82) is 0 Å². The third-order valence-electron chi connectivity index (χ3n) is 3.35. The van der Waals surface area contributed by atoms with Crippen LogP contribution in [0, 0.1) is 0 Å². The summed E-state index contributed by atoms with van der Waals surface area (Å²) in [6, 6.07) is 9.82. The van der Waals surface area contributed by atoms with Gasteiger partial charge in [0, 0.05) is 19.5 Å². The maximum atomic E-state index is 12.4. The number of carbonyl (C=O) groups is 1. The summed E-state index contributed by atoms with van der Waals surface area (Å²) >= 11 is 1.54. The Labute approximate surface area is 129 Å². The minimum atomic E-state index is -0.183. The highest BCUT2D eigenvalue weighted by Crippen LogP contribution is 2.26. The smallest absolute Gasteiger partial charge is 0.237 e. The van der Waals surface area contributed by atoms with Gasteiger partial charge < -0.3 is 9.88 Å². The number of thioether (sulfide) groups is 1. The van der Waals surface area contributed by atoms with E-state index >= 15 is 0 Å². The second-order valence-electron chi connectivity index (χ2n) is 4.97. The molecule has 112 valence electrons. The van der Waals surface area contributed by atoms with E-state index in [1.165, 1.54) is 11.8 Å². The van der Waals surface area contributed by atoms with Gasteiger partial charge in [0.1, 0.15) is 17.4 Å². The van der Waals surface area contributed by atoms with Crippen LogP contribution in [-0.4, -0.2) is 33.5 Å². The van der Waals surface area contributed by atoms with Gasteiger partial charge in [-0.15, -0.1) is 22.0 Å². The summed E-state index contributed by atoms with van der Waals surface area (Å²) in [5.41, 5.74) is 1.02. The second kappa shape index (κ2) is 7.26. The lowest BCUT2D eigenvalue weighted by atomic mass is 10.1. The largest absolute Gasteiger partial charge is 0.354 e. The lowest BCUT2D eigenvalue weighted by Crippen LogP contribution is -2.31. The molecule has 21 heavy (non-hydrogen) atoms. The van der Waals surface area contributed by atoms with Gasteiger partial charge in [-0.3, -0.25) is 4.79 Å². The van der Waals surface area contributed by atoms with Gasteiger partial charge in [-0.05, 0) is 11.8 Å². The molecule has 0 saturated heterocycles. The quantitative estimate of drug-likeness (QED) is 0.888. The Morgan fingerprint density at radius 3 is 2.67 bits per heavy atom. The van der Waals surface area contributed by atoms with Crippen molar-refractivity contribution in [3.8, 4) is 0 Å². The van der Waals surface area contributed by atoms with Crippen molar-refractivity contribution >= 4 is 17.7 Å². The van der Waals surface area contributed by atoms with Crippen LogP contribution in [0.15, 0.2) is 36.7 Å². The Bertz CT molecular complexity index is 584. The molecule has 0 spiro atoms. The lowest BCUT2D eigenvalue weighted by Gasteiger charge is -2.17. The molecule has 0 unspecified atom stereocenters. The highest BCUT2D eigenvalue weighted by molar-refractivity contribution is 7.99. The third-order valence-corrected chi connectivity index (χ3v) is 4.30. The van der Waals surface area contributed by atoms with Crippen LogP contribution in [0.5, 0.6) is 0 Å². The topological polar surface area (TPSA) is 59.8 Å². The van der Waals surface area contributed by atoms with E-state index in [-0.39, 0.29) is 17.1 Å². The summed E-state index contributed by atoms with van der Waals surface area (Å²) in [7, 11) is 1.91. The van der Waals surface area contributed by atoms with Crippen molar-refractivity contribution < 1.29 is 4.79 Å². The minimum Gasteiger partial charge on any atom is -0.354 e. The number of aryl methyl sites for hydroxylation is 1. The van der Waals surface area contributed by atoms with Gasteiger partial charge in [0.2, 0.25) is 5.91 Å². The van der Waals surface area contributed by atoms with Crippen molar-refractivity contribution in [1.82, 2.24) is 20.1 Å². The number of carbonyl (C=O) groups excluding carboxylic acids is 1. The zero-order valence-corrected chi connectivity index (χ0v) is 13.3. The van der Waals surface area contributed by atoms with E-state index in [9.17, 15) is 4.79 Å². The Morgan fingerprint density at radius 1 is 1.38 bits per heavy atom. The molecule has 2 aromatic rings. The number of nitrogens with zero attached hydrogens (tertiary/aromatic N) is 3. The maximum absolute atomic E-state index is 12.4. The molecule has 6 heteroatoms. The van der Waals surface area contributed by atoms with Crippen LogP contribution >= 0.6 is 11.8 Å². The van der Waals surface area contributed by atoms with Crippen LogP contribution in [-0.2, 0) is 11.8 Å². The molecular formula is C15H20N4OS. The number of benzene rings is 1. The number of rotatable bonds is 6. The van der Waals surface area contributed by atoms with Crippen LogP contribution in [0.3, 0.4) is 0 Å². The molecule has 0 aliphatic heterocycles. The molecular weight excluding hydrogens is 284 g/mol. The maximum Gasteiger partial charge on any atom is 0.237 e. The Hall–Kier alpha value is -1.82. The van der Waals surface area contributed by atoms with Gasteiger partial charge in [-0.1, -0.05) is 37.3 Å². The van der Waals surface area contributed by atoms with E-state index in [0.717, 1.165) is 11.4 Å². The van der Waals surface area contributed by atoms with E-state index in [2.05, 4.69) is 15.5 Å². The van der Waals surface area contributed by atoms with Crippen LogP contribution in [0.4, 0.5) is 0 Å². The first-order valence-corrected chi connectivity index (χ1v) is 8.11. The normalized spacial score (nSPS) is 13.7. The summed E-state index contributed by atoms with van der Waals surface area (Å²) in [4.78, 5) is 12.4. The van der Waals surface area contributed by atoms with Gasteiger partial charge in [-0.2, -0.15) is 0 Å². The highest BCUT2D eigenvalue weighted by atomic mass is 32.2. The fraction of sp³-hybridized carbons (Fsp3) is 0.400. The molecule has 2 rings (SSSR count). The van der Waals surface area contributed by atoms with Gasteiger partial charge in [0.05, 0.1) is 0 Å². The molecule has 0 saturated carbocycles. The molecule has 1 aromatic carbocycles. The molecule has 0 bridgehead atoms. The van der Waals surface area contributed by atoms with Gasteiger partial charge in [0.15, 0.2) is 0 Å². The SMILES string of the molecule is CS[C@H](C(=O)NC[C@H](C)c1nncn1C)c1ccccc1. The predicted molar refractivity (Wildman–Crippen MR) is 85.1 cm³/mol. The van der Waals surface area contributed by atoms with E-state index in [1.807, 2.05) is 55.1 Å². The number of aromatic nitrogens is 3. The van der Waals surface area contributed by atoms with Gasteiger partial charge in [0.25, 0.3) is 0 Å². The lowest BCUT2D eigenvalue weighted by molar-refractivity contribution is -0.120. The molecule has 0 aliphatic carbocycles. The summed E-state index contributed by atoms with van der Waals surface area (Å²) in [6.07, 6.45) is 3.62. The van der Waals surface area contributed by atoms with Crippen LogP contribution in [0.25, 0.3) is 0 Å². The first-order chi connectivity index (χ1) is 10.1. The molecule has 0 fully saturated rings. The second-order valence-corrected chi connectivity index (χ2v) is 5.92. The first kappa shape index (κ1) is 15.6.